The van der Waals surface area contributed by atoms with Gasteiger partial charge in [-0.25, -0.2) is 9.97 Å². The Balaban J connectivity index is 1.83. The van der Waals surface area contributed by atoms with Crippen molar-refractivity contribution >= 4 is 17.3 Å². The van der Waals surface area contributed by atoms with Crippen molar-refractivity contribution in [3.63, 3.8) is 0 Å². The third-order valence-electron chi connectivity index (χ3n) is 3.59. The standard InChI is InChI=1S/C17H22N4/c1-17(2,3)13-6-4-5-7-14(13)21-16-10-15(18-11-19-16)20-12-8-9-12/h4-7,10-12H,8-9H2,1-3H3,(H2,18,19,20,21). The summed E-state index contributed by atoms with van der Waals surface area (Å²) in [5, 5.41) is 6.82. The molecule has 2 aromatic rings. The van der Waals surface area contributed by atoms with Gasteiger partial charge in [-0.05, 0) is 29.9 Å². The Kier molecular flexibility index (Phi) is 3.53. The van der Waals surface area contributed by atoms with Crippen LogP contribution in [0.2, 0.25) is 0 Å². The topological polar surface area (TPSA) is 49.8 Å². The summed E-state index contributed by atoms with van der Waals surface area (Å²) in [6, 6.07) is 10.9. The molecule has 0 saturated heterocycles. The predicted molar refractivity (Wildman–Crippen MR) is 87.1 cm³/mol. The number of benzene rings is 1. The molecule has 0 unspecified atom stereocenters. The molecule has 1 fully saturated rings. The number of nitrogens with one attached hydrogen (secondary N) is 2. The molecule has 110 valence electrons. The minimum atomic E-state index is 0.0890. The second kappa shape index (κ2) is 5.35. The van der Waals surface area contributed by atoms with E-state index in [1.807, 2.05) is 12.1 Å². The van der Waals surface area contributed by atoms with Gasteiger partial charge in [0.05, 0.1) is 0 Å². The highest BCUT2D eigenvalue weighted by molar-refractivity contribution is 5.64. The Morgan fingerprint density at radius 1 is 1.05 bits per heavy atom. The fourth-order valence-electron chi connectivity index (χ4n) is 2.33. The molecule has 0 aliphatic heterocycles. The van der Waals surface area contributed by atoms with Crippen LogP contribution in [0.1, 0.15) is 39.2 Å². The van der Waals surface area contributed by atoms with Gasteiger partial charge in [0.25, 0.3) is 0 Å². The van der Waals surface area contributed by atoms with Gasteiger partial charge in [-0.2, -0.15) is 0 Å². The number of rotatable bonds is 4. The van der Waals surface area contributed by atoms with Crippen molar-refractivity contribution in [2.24, 2.45) is 0 Å². The molecule has 0 atom stereocenters. The number of anilines is 3. The first kappa shape index (κ1) is 13.9. The van der Waals surface area contributed by atoms with Crippen LogP contribution in [-0.2, 0) is 5.41 Å². The maximum absolute atomic E-state index is 4.32. The fourth-order valence-corrected chi connectivity index (χ4v) is 2.33. The number of para-hydroxylation sites is 1. The largest absolute Gasteiger partial charge is 0.367 e. The van der Waals surface area contributed by atoms with Gasteiger partial charge in [-0.3, -0.25) is 0 Å². The van der Waals surface area contributed by atoms with E-state index in [1.165, 1.54) is 18.4 Å². The third-order valence-corrected chi connectivity index (χ3v) is 3.59. The molecule has 1 heterocycles. The van der Waals surface area contributed by atoms with Gasteiger partial charge in [-0.1, -0.05) is 39.0 Å². The normalized spacial score (nSPS) is 14.8. The third kappa shape index (κ3) is 3.51. The van der Waals surface area contributed by atoms with Gasteiger partial charge < -0.3 is 10.6 Å². The van der Waals surface area contributed by atoms with E-state index in [0.717, 1.165) is 17.3 Å². The van der Waals surface area contributed by atoms with Crippen LogP contribution in [0.15, 0.2) is 36.7 Å². The molecule has 4 nitrogen and oxygen atoms in total. The molecule has 1 aromatic heterocycles. The molecule has 1 aromatic carbocycles. The van der Waals surface area contributed by atoms with Crippen LogP contribution in [-0.4, -0.2) is 16.0 Å². The van der Waals surface area contributed by atoms with Crippen LogP contribution in [0.4, 0.5) is 17.3 Å². The molecular weight excluding hydrogens is 260 g/mol. The van der Waals surface area contributed by atoms with E-state index in [4.69, 9.17) is 0 Å². The minimum Gasteiger partial charge on any atom is -0.367 e. The highest BCUT2D eigenvalue weighted by atomic mass is 15.1. The minimum absolute atomic E-state index is 0.0890. The summed E-state index contributed by atoms with van der Waals surface area (Å²) >= 11 is 0. The summed E-state index contributed by atoms with van der Waals surface area (Å²) in [6.07, 6.45) is 4.08. The van der Waals surface area contributed by atoms with Crippen molar-refractivity contribution < 1.29 is 0 Å². The highest BCUT2D eigenvalue weighted by Gasteiger charge is 2.21. The first-order chi connectivity index (χ1) is 10.0. The summed E-state index contributed by atoms with van der Waals surface area (Å²) in [5.74, 6) is 1.72. The summed E-state index contributed by atoms with van der Waals surface area (Å²) < 4.78 is 0. The second-order valence-electron chi connectivity index (χ2n) is 6.63. The molecule has 0 amide bonds. The first-order valence-corrected chi connectivity index (χ1v) is 7.47. The van der Waals surface area contributed by atoms with Crippen molar-refractivity contribution in [1.82, 2.24) is 9.97 Å². The smallest absolute Gasteiger partial charge is 0.135 e. The lowest BCUT2D eigenvalue weighted by Gasteiger charge is -2.23. The van der Waals surface area contributed by atoms with Gasteiger partial charge in [0.2, 0.25) is 0 Å². The predicted octanol–water partition coefficient (Wildman–Crippen LogP) is 4.09. The van der Waals surface area contributed by atoms with E-state index in [9.17, 15) is 0 Å². The number of hydrogen-bond donors (Lipinski definition) is 2. The molecule has 2 N–H and O–H groups in total. The van der Waals surface area contributed by atoms with E-state index in [-0.39, 0.29) is 5.41 Å². The van der Waals surface area contributed by atoms with E-state index >= 15 is 0 Å². The molecule has 0 spiro atoms. The molecule has 0 bridgehead atoms. The van der Waals surface area contributed by atoms with Crippen molar-refractivity contribution in [1.29, 1.82) is 0 Å². The molecule has 1 aliphatic carbocycles. The average molecular weight is 282 g/mol. The average Bonchev–Trinajstić information content (AvgIpc) is 3.22. The van der Waals surface area contributed by atoms with Crippen LogP contribution >= 0.6 is 0 Å². The molecule has 1 aliphatic rings. The van der Waals surface area contributed by atoms with Gasteiger partial charge in [0, 0.05) is 17.8 Å². The summed E-state index contributed by atoms with van der Waals surface area (Å²) in [4.78, 5) is 8.59. The van der Waals surface area contributed by atoms with Crippen LogP contribution in [0, 0.1) is 0 Å². The van der Waals surface area contributed by atoms with Crippen molar-refractivity contribution in [2.45, 2.75) is 45.1 Å². The molecule has 3 rings (SSSR count). The Morgan fingerprint density at radius 3 is 2.48 bits per heavy atom. The zero-order chi connectivity index (χ0) is 14.9. The fraction of sp³-hybridized carbons (Fsp3) is 0.412. The molecule has 21 heavy (non-hydrogen) atoms. The van der Waals surface area contributed by atoms with Crippen LogP contribution in [0.25, 0.3) is 0 Å². The van der Waals surface area contributed by atoms with Gasteiger partial charge in [0.1, 0.15) is 18.0 Å². The van der Waals surface area contributed by atoms with E-state index in [2.05, 4.69) is 59.6 Å². The molecule has 1 saturated carbocycles. The van der Waals surface area contributed by atoms with Gasteiger partial charge in [-0.15, -0.1) is 0 Å². The van der Waals surface area contributed by atoms with E-state index < -0.39 is 0 Å². The van der Waals surface area contributed by atoms with Crippen LogP contribution in [0.3, 0.4) is 0 Å². The van der Waals surface area contributed by atoms with Crippen molar-refractivity contribution in [3.05, 3.63) is 42.2 Å². The summed E-state index contributed by atoms with van der Waals surface area (Å²) in [6.45, 7) is 6.65. The molecule has 4 heteroatoms. The summed E-state index contributed by atoms with van der Waals surface area (Å²) in [7, 11) is 0. The lowest BCUT2D eigenvalue weighted by molar-refractivity contribution is 0.592. The van der Waals surface area contributed by atoms with Crippen LogP contribution in [0.5, 0.6) is 0 Å². The molecule has 0 radical (unpaired) electrons. The van der Waals surface area contributed by atoms with Crippen LogP contribution < -0.4 is 10.6 Å². The Morgan fingerprint density at radius 2 is 1.76 bits per heavy atom. The zero-order valence-electron chi connectivity index (χ0n) is 12.9. The number of hydrogen-bond acceptors (Lipinski definition) is 4. The van der Waals surface area contributed by atoms with Crippen molar-refractivity contribution in [2.75, 3.05) is 10.6 Å². The quantitative estimate of drug-likeness (QED) is 0.886. The van der Waals surface area contributed by atoms with E-state index in [1.54, 1.807) is 6.33 Å². The Labute approximate surface area is 126 Å². The molecular formula is C17H22N4. The van der Waals surface area contributed by atoms with Gasteiger partial charge >= 0.3 is 0 Å². The summed E-state index contributed by atoms with van der Waals surface area (Å²) in [5.41, 5.74) is 2.47. The first-order valence-electron chi connectivity index (χ1n) is 7.47. The lowest BCUT2D eigenvalue weighted by atomic mass is 9.86. The monoisotopic (exact) mass is 282 g/mol. The SMILES string of the molecule is CC(C)(C)c1ccccc1Nc1cc(NC2CC2)ncn1. The van der Waals surface area contributed by atoms with E-state index in [0.29, 0.717) is 6.04 Å². The second-order valence-corrected chi connectivity index (χ2v) is 6.63. The lowest BCUT2D eigenvalue weighted by Crippen LogP contribution is -2.14. The number of aromatic nitrogens is 2. The van der Waals surface area contributed by atoms with Crippen molar-refractivity contribution in [3.8, 4) is 0 Å². The maximum atomic E-state index is 4.32. The highest BCUT2D eigenvalue weighted by Crippen LogP contribution is 2.31. The van der Waals surface area contributed by atoms with Gasteiger partial charge in [0.15, 0.2) is 0 Å². The Hall–Kier alpha value is -2.10. The number of nitrogens with zero attached hydrogens (tertiary/aromatic N) is 2. The maximum Gasteiger partial charge on any atom is 0.135 e. The Bertz CT molecular complexity index is 627. The zero-order valence-corrected chi connectivity index (χ0v) is 12.9.